The molecule has 5 heterocycles. The Bertz CT molecular complexity index is 1660. The fourth-order valence-corrected chi connectivity index (χ4v) is 7.65. The SMILES string of the molecule is COC(=O)N(C1CCC(c2nnc(-c3cnccc3N[C@@H]3CCOC[C@H]3c3ccc4cc(C#N)cnn34)s2)CC1)C(C)(C)C. The molecule has 0 unspecified atom stereocenters. The van der Waals surface area contributed by atoms with Gasteiger partial charge in [0.15, 0.2) is 5.01 Å². The maximum atomic E-state index is 12.6. The molecule has 2 fully saturated rings. The highest BCUT2D eigenvalue weighted by Gasteiger charge is 2.37. The normalized spacial score (nSPS) is 22.3. The fraction of sp³-hybridized carbons (Fsp3) is 0.500. The van der Waals surface area contributed by atoms with Crippen molar-refractivity contribution in [3.05, 3.63) is 59.1 Å². The summed E-state index contributed by atoms with van der Waals surface area (Å²) < 4.78 is 12.9. The van der Waals surface area contributed by atoms with Crippen molar-refractivity contribution in [1.29, 1.82) is 5.26 Å². The van der Waals surface area contributed by atoms with Gasteiger partial charge in [0.05, 0.1) is 42.3 Å². The van der Waals surface area contributed by atoms with Gasteiger partial charge in [-0.05, 0) is 77.1 Å². The van der Waals surface area contributed by atoms with Gasteiger partial charge in [-0.2, -0.15) is 10.4 Å². The zero-order valence-corrected chi connectivity index (χ0v) is 26.4. The van der Waals surface area contributed by atoms with E-state index in [1.807, 2.05) is 33.8 Å². The highest BCUT2D eigenvalue weighted by atomic mass is 32.1. The van der Waals surface area contributed by atoms with Crippen LogP contribution in [-0.2, 0) is 9.47 Å². The molecule has 1 aliphatic carbocycles. The highest BCUT2D eigenvalue weighted by molar-refractivity contribution is 7.14. The summed E-state index contributed by atoms with van der Waals surface area (Å²) in [5, 5.41) is 28.7. The van der Waals surface area contributed by atoms with Gasteiger partial charge in [0.25, 0.3) is 0 Å². The molecule has 12 heteroatoms. The predicted octanol–water partition coefficient (Wildman–Crippen LogP) is 6.00. The Morgan fingerprint density at radius 3 is 2.73 bits per heavy atom. The Morgan fingerprint density at radius 1 is 1.16 bits per heavy atom. The lowest BCUT2D eigenvalue weighted by Crippen LogP contribution is -2.52. The second kappa shape index (κ2) is 12.5. The highest BCUT2D eigenvalue weighted by Crippen LogP contribution is 2.41. The Labute approximate surface area is 261 Å². The van der Waals surface area contributed by atoms with Crippen LogP contribution in [0.4, 0.5) is 10.5 Å². The maximum absolute atomic E-state index is 12.6. The van der Waals surface area contributed by atoms with Crippen molar-refractivity contribution in [2.24, 2.45) is 0 Å². The molecule has 0 bridgehead atoms. The van der Waals surface area contributed by atoms with Crippen LogP contribution in [0.3, 0.4) is 0 Å². The summed E-state index contributed by atoms with van der Waals surface area (Å²) in [6.45, 7) is 7.40. The number of amides is 1. The van der Waals surface area contributed by atoms with E-state index in [9.17, 15) is 10.1 Å². The molecule has 0 radical (unpaired) electrons. The summed E-state index contributed by atoms with van der Waals surface area (Å²) in [4.78, 5) is 18.9. The number of hydrogen-bond donors (Lipinski definition) is 1. The molecule has 1 saturated carbocycles. The lowest BCUT2D eigenvalue weighted by atomic mass is 9.84. The first kappa shape index (κ1) is 30.0. The van der Waals surface area contributed by atoms with Gasteiger partial charge in [0.2, 0.25) is 0 Å². The zero-order valence-electron chi connectivity index (χ0n) is 25.6. The van der Waals surface area contributed by atoms with Crippen molar-refractivity contribution < 1.29 is 14.3 Å². The van der Waals surface area contributed by atoms with E-state index in [1.165, 1.54) is 7.11 Å². The third-order valence-electron chi connectivity index (χ3n) is 8.73. The monoisotopic (exact) mass is 614 g/mol. The maximum Gasteiger partial charge on any atom is 0.410 e. The number of fused-ring (bicyclic) bond motifs is 1. The van der Waals surface area contributed by atoms with E-state index < -0.39 is 0 Å². The zero-order chi connectivity index (χ0) is 30.8. The van der Waals surface area contributed by atoms with Crippen molar-refractivity contribution in [1.82, 2.24) is 29.7 Å². The Kier molecular flexibility index (Phi) is 8.51. The third-order valence-corrected chi connectivity index (χ3v) is 9.85. The molecule has 1 saturated heterocycles. The standard InChI is InChI=1S/C32H38N8O3S/c1-32(2,3)39(31(41)42-4)22-7-5-21(6-8-22)29-37-38-30(44-29)24-18-34-13-11-26(24)36-27-12-14-43-19-25(27)28-10-9-23-15-20(16-33)17-35-40(23)28/h9-11,13,15,17-18,21-22,25,27H,5-8,12,14,19H2,1-4H3,(H,34,36)/t21?,22?,25-,27-/m1/s1. The Morgan fingerprint density at radius 2 is 1.98 bits per heavy atom. The Balaban J connectivity index is 1.18. The average Bonchev–Trinajstić information content (AvgIpc) is 3.69. The van der Waals surface area contributed by atoms with Crippen LogP contribution < -0.4 is 5.32 Å². The number of pyridine rings is 1. The molecule has 4 aromatic rings. The van der Waals surface area contributed by atoms with E-state index >= 15 is 0 Å². The fourth-order valence-electron chi connectivity index (χ4n) is 6.61. The predicted molar refractivity (Wildman–Crippen MR) is 168 cm³/mol. The third kappa shape index (κ3) is 5.99. The molecule has 0 spiro atoms. The van der Waals surface area contributed by atoms with Gasteiger partial charge in [-0.15, -0.1) is 10.2 Å². The van der Waals surface area contributed by atoms with Crippen LogP contribution in [0, 0.1) is 11.3 Å². The number of hydrogen-bond acceptors (Lipinski definition) is 10. The molecule has 230 valence electrons. The first-order valence-corrected chi connectivity index (χ1v) is 16.0. The Hall–Kier alpha value is -4.08. The topological polar surface area (TPSA) is 131 Å². The summed E-state index contributed by atoms with van der Waals surface area (Å²) in [7, 11) is 1.45. The number of anilines is 1. The molecule has 2 aliphatic rings. The van der Waals surface area contributed by atoms with E-state index in [1.54, 1.807) is 23.7 Å². The van der Waals surface area contributed by atoms with Gasteiger partial charge in [-0.3, -0.25) is 4.98 Å². The number of ether oxygens (including phenoxy) is 2. The second-order valence-corrected chi connectivity index (χ2v) is 13.6. The van der Waals surface area contributed by atoms with Gasteiger partial charge in [-0.1, -0.05) is 11.3 Å². The first-order chi connectivity index (χ1) is 21.3. The summed E-state index contributed by atoms with van der Waals surface area (Å²) in [5.74, 6) is 0.368. The lowest BCUT2D eigenvalue weighted by molar-refractivity contribution is 0.0431. The molecule has 1 amide bonds. The van der Waals surface area contributed by atoms with Crippen LogP contribution in [0.5, 0.6) is 0 Å². The minimum absolute atomic E-state index is 0.0607. The van der Waals surface area contributed by atoms with Crippen molar-refractivity contribution in [3.8, 4) is 16.6 Å². The van der Waals surface area contributed by atoms with Gasteiger partial charge >= 0.3 is 6.09 Å². The largest absolute Gasteiger partial charge is 0.453 e. The summed E-state index contributed by atoms with van der Waals surface area (Å²) >= 11 is 1.63. The summed E-state index contributed by atoms with van der Waals surface area (Å²) in [6, 6.07) is 10.3. The van der Waals surface area contributed by atoms with Gasteiger partial charge in [0.1, 0.15) is 11.1 Å². The van der Waals surface area contributed by atoms with E-state index in [0.29, 0.717) is 24.7 Å². The molecule has 4 aromatic heterocycles. The summed E-state index contributed by atoms with van der Waals surface area (Å²) in [6.07, 6.45) is 9.50. The van der Waals surface area contributed by atoms with Gasteiger partial charge in [0, 0.05) is 54.1 Å². The molecular weight excluding hydrogens is 576 g/mol. The van der Waals surface area contributed by atoms with E-state index in [-0.39, 0.29) is 29.6 Å². The quantitative estimate of drug-likeness (QED) is 0.278. The second-order valence-electron chi connectivity index (χ2n) is 12.6. The lowest BCUT2D eigenvalue weighted by Gasteiger charge is -2.43. The number of carbonyl (C=O) groups is 1. The number of nitrogens with one attached hydrogen (secondary N) is 1. The van der Waals surface area contributed by atoms with Crippen molar-refractivity contribution >= 4 is 28.6 Å². The van der Waals surface area contributed by atoms with E-state index in [0.717, 1.165) is 64.6 Å². The number of carbonyl (C=O) groups excluding carboxylic acids is 1. The number of nitrogens with zero attached hydrogens (tertiary/aromatic N) is 7. The van der Waals surface area contributed by atoms with Gasteiger partial charge in [-0.25, -0.2) is 9.31 Å². The summed E-state index contributed by atoms with van der Waals surface area (Å²) in [5.41, 5.74) is 4.05. The number of nitriles is 1. The molecule has 1 aliphatic heterocycles. The van der Waals surface area contributed by atoms with Crippen molar-refractivity contribution in [2.45, 2.75) is 82.3 Å². The molecular formula is C32H38N8O3S. The van der Waals surface area contributed by atoms with Crippen LogP contribution in [-0.4, -0.2) is 73.7 Å². The smallest absolute Gasteiger partial charge is 0.410 e. The van der Waals surface area contributed by atoms with Crippen LogP contribution in [0.2, 0.25) is 0 Å². The molecule has 2 atom stereocenters. The van der Waals surface area contributed by atoms with Crippen LogP contribution in [0.25, 0.3) is 16.1 Å². The van der Waals surface area contributed by atoms with E-state index in [2.05, 4.69) is 58.5 Å². The van der Waals surface area contributed by atoms with Crippen LogP contribution in [0.15, 0.2) is 42.9 Å². The molecule has 0 aromatic carbocycles. The molecule has 11 nitrogen and oxygen atoms in total. The van der Waals surface area contributed by atoms with Crippen LogP contribution >= 0.6 is 11.3 Å². The van der Waals surface area contributed by atoms with E-state index in [4.69, 9.17) is 9.47 Å². The molecule has 1 N–H and O–H groups in total. The molecule has 6 rings (SSSR count). The first-order valence-electron chi connectivity index (χ1n) is 15.1. The van der Waals surface area contributed by atoms with Crippen molar-refractivity contribution in [3.63, 3.8) is 0 Å². The number of aromatic nitrogens is 5. The molecule has 44 heavy (non-hydrogen) atoms. The minimum Gasteiger partial charge on any atom is -0.453 e. The van der Waals surface area contributed by atoms with Crippen LogP contribution in [0.1, 0.15) is 81.0 Å². The minimum atomic E-state index is -0.306. The average molecular weight is 615 g/mol. The van der Waals surface area contributed by atoms with Crippen molar-refractivity contribution in [2.75, 3.05) is 25.6 Å². The number of methoxy groups -OCH3 is 1. The van der Waals surface area contributed by atoms with Gasteiger partial charge < -0.3 is 19.7 Å². The number of rotatable bonds is 6.